The van der Waals surface area contributed by atoms with Gasteiger partial charge in [-0.1, -0.05) is 19.1 Å². The van der Waals surface area contributed by atoms with Crippen molar-refractivity contribution in [1.82, 2.24) is 0 Å². The van der Waals surface area contributed by atoms with Gasteiger partial charge in [-0.15, -0.1) is 0 Å². The molecular formula is C19H31NO. The number of aliphatic hydroxyl groups excluding tert-OH is 1. The lowest BCUT2D eigenvalue weighted by Gasteiger charge is -2.58. The molecule has 4 rings (SSSR count). The lowest BCUT2D eigenvalue weighted by atomic mass is 9.48. The third-order valence-electron chi connectivity index (χ3n) is 8.07. The first-order chi connectivity index (χ1) is 9.94. The summed E-state index contributed by atoms with van der Waals surface area (Å²) in [4.78, 5) is 0. The molecule has 118 valence electrons. The summed E-state index contributed by atoms with van der Waals surface area (Å²) < 4.78 is 0. The van der Waals surface area contributed by atoms with Crippen LogP contribution in [0.2, 0.25) is 0 Å². The lowest BCUT2D eigenvalue weighted by Crippen LogP contribution is -2.61. The van der Waals surface area contributed by atoms with Gasteiger partial charge in [-0.05, 0) is 86.9 Å². The van der Waals surface area contributed by atoms with E-state index in [0.717, 1.165) is 43.4 Å². The summed E-state index contributed by atoms with van der Waals surface area (Å²) in [5.74, 6) is 3.22. The molecule has 0 amide bonds. The van der Waals surface area contributed by atoms with Crippen molar-refractivity contribution in [2.75, 3.05) is 0 Å². The van der Waals surface area contributed by atoms with Gasteiger partial charge in [0.1, 0.15) is 0 Å². The first kappa shape index (κ1) is 14.3. The van der Waals surface area contributed by atoms with E-state index in [4.69, 9.17) is 5.73 Å². The summed E-state index contributed by atoms with van der Waals surface area (Å²) in [6.07, 6.45) is 10.5. The molecule has 7 atom stereocenters. The van der Waals surface area contributed by atoms with Crippen molar-refractivity contribution in [3.63, 3.8) is 0 Å². The number of fused-ring (bicyclic) bond motifs is 5. The van der Waals surface area contributed by atoms with Gasteiger partial charge in [0, 0.05) is 5.54 Å². The Labute approximate surface area is 129 Å². The molecule has 2 heteroatoms. The van der Waals surface area contributed by atoms with Crippen molar-refractivity contribution in [3.05, 3.63) is 12.2 Å². The Morgan fingerprint density at radius 3 is 2.57 bits per heavy atom. The van der Waals surface area contributed by atoms with E-state index >= 15 is 0 Å². The van der Waals surface area contributed by atoms with Crippen molar-refractivity contribution in [2.24, 2.45) is 34.8 Å². The molecule has 0 aromatic rings. The van der Waals surface area contributed by atoms with Gasteiger partial charge in [0.15, 0.2) is 0 Å². The van der Waals surface area contributed by atoms with E-state index in [0.29, 0.717) is 11.3 Å². The average Bonchev–Trinajstić information content (AvgIpc) is 2.73. The summed E-state index contributed by atoms with van der Waals surface area (Å²) in [6.45, 7) is 6.88. The van der Waals surface area contributed by atoms with Gasteiger partial charge in [0.05, 0.1) is 6.10 Å². The minimum Gasteiger partial charge on any atom is -0.393 e. The van der Waals surface area contributed by atoms with Crippen LogP contribution in [0.25, 0.3) is 0 Å². The predicted octanol–water partition coefficient (Wildman–Crippen LogP) is 3.64. The van der Waals surface area contributed by atoms with E-state index in [-0.39, 0.29) is 11.6 Å². The molecule has 7 unspecified atom stereocenters. The molecule has 21 heavy (non-hydrogen) atoms. The fourth-order valence-corrected chi connectivity index (χ4v) is 6.85. The maximum Gasteiger partial charge on any atom is 0.0558 e. The fourth-order valence-electron chi connectivity index (χ4n) is 6.85. The van der Waals surface area contributed by atoms with Gasteiger partial charge in [-0.2, -0.15) is 0 Å². The Balaban J connectivity index is 1.62. The van der Waals surface area contributed by atoms with Crippen LogP contribution in [0.3, 0.4) is 0 Å². The summed E-state index contributed by atoms with van der Waals surface area (Å²) in [7, 11) is 0. The Morgan fingerprint density at radius 2 is 1.76 bits per heavy atom. The largest absolute Gasteiger partial charge is 0.393 e. The molecule has 0 bridgehead atoms. The van der Waals surface area contributed by atoms with Gasteiger partial charge in [-0.3, -0.25) is 0 Å². The van der Waals surface area contributed by atoms with E-state index in [1.807, 2.05) is 0 Å². The third kappa shape index (κ3) is 1.91. The smallest absolute Gasteiger partial charge is 0.0558 e. The van der Waals surface area contributed by atoms with Crippen LogP contribution in [-0.4, -0.2) is 16.7 Å². The molecule has 0 spiro atoms. The highest BCUT2D eigenvalue weighted by molar-refractivity contribution is 5.21. The normalized spacial score (nSPS) is 56.5. The predicted molar refractivity (Wildman–Crippen MR) is 85.7 cm³/mol. The minimum absolute atomic E-state index is 0.0673. The molecule has 0 aromatic carbocycles. The van der Waals surface area contributed by atoms with E-state index in [1.54, 1.807) is 0 Å². The van der Waals surface area contributed by atoms with E-state index in [2.05, 4.69) is 13.5 Å². The molecule has 4 saturated carbocycles. The average molecular weight is 289 g/mol. The molecule has 0 aliphatic heterocycles. The Hall–Kier alpha value is -0.340. The lowest BCUT2D eigenvalue weighted by molar-refractivity contribution is -0.0732. The van der Waals surface area contributed by atoms with Crippen LogP contribution in [0, 0.1) is 29.1 Å². The highest BCUT2D eigenvalue weighted by Gasteiger charge is 2.57. The van der Waals surface area contributed by atoms with Crippen molar-refractivity contribution >= 4 is 0 Å². The van der Waals surface area contributed by atoms with Crippen LogP contribution in [0.15, 0.2) is 12.2 Å². The quantitative estimate of drug-likeness (QED) is 0.669. The summed E-state index contributed by atoms with van der Waals surface area (Å²) in [5.41, 5.74) is 8.66. The highest BCUT2D eigenvalue weighted by Crippen LogP contribution is 2.63. The molecule has 4 fully saturated rings. The third-order valence-corrected chi connectivity index (χ3v) is 8.07. The van der Waals surface area contributed by atoms with Gasteiger partial charge < -0.3 is 10.8 Å². The van der Waals surface area contributed by atoms with Crippen molar-refractivity contribution in [3.8, 4) is 0 Å². The van der Waals surface area contributed by atoms with Crippen LogP contribution in [0.4, 0.5) is 0 Å². The molecule has 0 saturated heterocycles. The molecule has 4 aliphatic carbocycles. The zero-order valence-corrected chi connectivity index (χ0v) is 13.5. The molecular weight excluding hydrogens is 258 g/mol. The van der Waals surface area contributed by atoms with Gasteiger partial charge >= 0.3 is 0 Å². The second-order valence-corrected chi connectivity index (χ2v) is 8.85. The van der Waals surface area contributed by atoms with Crippen molar-refractivity contribution < 1.29 is 5.11 Å². The summed E-state index contributed by atoms with van der Waals surface area (Å²) in [5, 5.41) is 10.0. The monoisotopic (exact) mass is 289 g/mol. The number of nitrogens with two attached hydrogens (primary N) is 1. The summed E-state index contributed by atoms with van der Waals surface area (Å²) >= 11 is 0. The SMILES string of the molecule is C=C1CCC2C3CCC4(N)CC(O)CCC4C3CCC12C. The molecule has 0 aromatic heterocycles. The standard InChI is InChI=1S/C19H31NO/c1-12-3-5-16-14-8-10-19(20)11-13(21)4-6-17(19)15(14)7-9-18(12,16)2/h13-17,21H,1,3-11,20H2,2H3. The Morgan fingerprint density at radius 1 is 1.05 bits per heavy atom. The minimum atomic E-state index is -0.150. The molecule has 0 radical (unpaired) electrons. The van der Waals surface area contributed by atoms with Gasteiger partial charge in [0.25, 0.3) is 0 Å². The van der Waals surface area contributed by atoms with Gasteiger partial charge in [-0.25, -0.2) is 0 Å². The second-order valence-electron chi connectivity index (χ2n) is 8.85. The first-order valence-electron chi connectivity index (χ1n) is 9.09. The number of hydrogen-bond acceptors (Lipinski definition) is 2. The van der Waals surface area contributed by atoms with E-state index in [9.17, 15) is 5.11 Å². The molecule has 4 aliphatic rings. The molecule has 0 heterocycles. The number of aliphatic hydroxyl groups is 1. The van der Waals surface area contributed by atoms with Gasteiger partial charge in [0.2, 0.25) is 0 Å². The molecule has 2 nitrogen and oxygen atoms in total. The number of allylic oxidation sites excluding steroid dienone is 1. The topological polar surface area (TPSA) is 46.2 Å². The Kier molecular flexibility index (Phi) is 3.11. The summed E-state index contributed by atoms with van der Waals surface area (Å²) in [6, 6.07) is 0. The number of hydrogen-bond donors (Lipinski definition) is 2. The second kappa shape index (κ2) is 4.58. The van der Waals surface area contributed by atoms with Crippen LogP contribution in [0.1, 0.15) is 64.7 Å². The Bertz CT molecular complexity index is 460. The van der Waals surface area contributed by atoms with Crippen LogP contribution >= 0.6 is 0 Å². The zero-order valence-electron chi connectivity index (χ0n) is 13.5. The molecule has 3 N–H and O–H groups in total. The van der Waals surface area contributed by atoms with E-state index in [1.165, 1.54) is 37.7 Å². The fraction of sp³-hybridized carbons (Fsp3) is 0.895. The van der Waals surface area contributed by atoms with Crippen molar-refractivity contribution in [1.29, 1.82) is 0 Å². The first-order valence-corrected chi connectivity index (χ1v) is 9.09. The zero-order chi connectivity index (χ0) is 14.8. The number of rotatable bonds is 0. The highest BCUT2D eigenvalue weighted by atomic mass is 16.3. The maximum absolute atomic E-state index is 10.0. The van der Waals surface area contributed by atoms with Crippen LogP contribution in [-0.2, 0) is 0 Å². The maximum atomic E-state index is 10.0. The van der Waals surface area contributed by atoms with Crippen molar-refractivity contribution in [2.45, 2.75) is 76.4 Å². The van der Waals surface area contributed by atoms with Crippen LogP contribution in [0.5, 0.6) is 0 Å². The van der Waals surface area contributed by atoms with Crippen LogP contribution < -0.4 is 5.73 Å². The van der Waals surface area contributed by atoms with E-state index < -0.39 is 0 Å².